The van der Waals surface area contributed by atoms with Crippen molar-refractivity contribution >= 4 is 5.91 Å². The van der Waals surface area contributed by atoms with Gasteiger partial charge in [-0.2, -0.15) is 0 Å². The lowest BCUT2D eigenvalue weighted by Gasteiger charge is -2.29. The molecule has 25 heavy (non-hydrogen) atoms. The lowest BCUT2D eigenvalue weighted by molar-refractivity contribution is -0.122. The van der Waals surface area contributed by atoms with E-state index in [1.165, 1.54) is 31.2 Å². The molecule has 1 amide bonds. The lowest BCUT2D eigenvalue weighted by atomic mass is 9.89. The minimum absolute atomic E-state index is 0.240. The molecular weight excluding hydrogens is 310 g/mol. The number of piperidine rings is 1. The largest absolute Gasteiger partial charge is 0.356 e. The van der Waals surface area contributed by atoms with Crippen molar-refractivity contribution in [3.05, 3.63) is 35.9 Å². The molecule has 4 nitrogen and oxygen atoms in total. The fourth-order valence-electron chi connectivity index (χ4n) is 4.34. The summed E-state index contributed by atoms with van der Waals surface area (Å²) in [6.07, 6.45) is 6.66. The fraction of sp³-hybridized carbons (Fsp3) is 0.667. The van der Waals surface area contributed by atoms with Crippen molar-refractivity contribution in [2.75, 3.05) is 13.6 Å². The SMILES string of the molecule is CC(CCNC(=O)CC1CC2CCC(C1)N2)N(C)Cc1ccccc1. The van der Waals surface area contributed by atoms with Crippen LogP contribution in [0.4, 0.5) is 0 Å². The van der Waals surface area contributed by atoms with Gasteiger partial charge in [-0.15, -0.1) is 0 Å². The third-order valence-electron chi connectivity index (χ3n) is 5.96. The molecule has 0 aromatic heterocycles. The van der Waals surface area contributed by atoms with Crippen LogP contribution in [-0.2, 0) is 11.3 Å². The number of hydrogen-bond donors (Lipinski definition) is 2. The van der Waals surface area contributed by atoms with Crippen LogP contribution in [0.3, 0.4) is 0 Å². The van der Waals surface area contributed by atoms with Gasteiger partial charge in [-0.05, 0) is 57.6 Å². The molecule has 138 valence electrons. The van der Waals surface area contributed by atoms with E-state index < -0.39 is 0 Å². The van der Waals surface area contributed by atoms with E-state index in [1.807, 2.05) is 0 Å². The average Bonchev–Trinajstić information content (AvgIpc) is 2.94. The lowest BCUT2D eigenvalue weighted by Crippen LogP contribution is -2.40. The zero-order chi connectivity index (χ0) is 17.6. The number of fused-ring (bicyclic) bond motifs is 2. The molecule has 2 aliphatic heterocycles. The van der Waals surface area contributed by atoms with Crippen molar-refractivity contribution in [1.29, 1.82) is 0 Å². The zero-order valence-corrected chi connectivity index (χ0v) is 15.7. The van der Waals surface area contributed by atoms with Crippen LogP contribution in [0.1, 0.15) is 51.0 Å². The molecule has 2 saturated heterocycles. The first-order chi connectivity index (χ1) is 12.1. The summed E-state index contributed by atoms with van der Waals surface area (Å²) in [5.74, 6) is 0.821. The maximum Gasteiger partial charge on any atom is 0.220 e. The number of rotatable bonds is 8. The zero-order valence-electron chi connectivity index (χ0n) is 15.7. The first kappa shape index (κ1) is 18.4. The Morgan fingerprint density at radius 1 is 1.24 bits per heavy atom. The summed E-state index contributed by atoms with van der Waals surface area (Å²) in [6.45, 7) is 3.96. The maximum atomic E-state index is 12.2. The number of carbonyl (C=O) groups excluding carboxylic acids is 1. The Hall–Kier alpha value is -1.39. The summed E-state index contributed by atoms with van der Waals surface area (Å²) >= 11 is 0. The van der Waals surface area contributed by atoms with Gasteiger partial charge >= 0.3 is 0 Å². The molecule has 4 heteroatoms. The van der Waals surface area contributed by atoms with E-state index in [0.29, 0.717) is 30.5 Å². The molecule has 0 saturated carbocycles. The van der Waals surface area contributed by atoms with Crippen molar-refractivity contribution in [3.8, 4) is 0 Å². The van der Waals surface area contributed by atoms with Crippen LogP contribution in [0.15, 0.2) is 30.3 Å². The summed E-state index contributed by atoms with van der Waals surface area (Å²) in [5, 5.41) is 6.79. The Morgan fingerprint density at radius 3 is 2.60 bits per heavy atom. The molecule has 2 aliphatic rings. The second-order valence-electron chi connectivity index (χ2n) is 8.07. The topological polar surface area (TPSA) is 44.4 Å². The van der Waals surface area contributed by atoms with E-state index in [-0.39, 0.29) is 5.91 Å². The van der Waals surface area contributed by atoms with Crippen molar-refractivity contribution in [2.24, 2.45) is 5.92 Å². The third kappa shape index (κ3) is 5.55. The molecule has 0 radical (unpaired) electrons. The fourth-order valence-corrected chi connectivity index (χ4v) is 4.34. The van der Waals surface area contributed by atoms with Gasteiger partial charge in [0.1, 0.15) is 0 Å². The second kappa shape index (κ2) is 8.81. The number of nitrogens with zero attached hydrogens (tertiary/aromatic N) is 1. The third-order valence-corrected chi connectivity index (χ3v) is 5.96. The van der Waals surface area contributed by atoms with E-state index in [2.05, 4.69) is 59.8 Å². The Morgan fingerprint density at radius 2 is 1.92 bits per heavy atom. The molecule has 1 aromatic rings. The van der Waals surface area contributed by atoms with Crippen molar-refractivity contribution in [1.82, 2.24) is 15.5 Å². The van der Waals surface area contributed by atoms with Crippen molar-refractivity contribution in [3.63, 3.8) is 0 Å². The number of amides is 1. The van der Waals surface area contributed by atoms with Gasteiger partial charge in [-0.3, -0.25) is 9.69 Å². The highest BCUT2D eigenvalue weighted by atomic mass is 16.1. The summed E-state index contributed by atoms with van der Waals surface area (Å²) in [7, 11) is 2.16. The number of hydrogen-bond acceptors (Lipinski definition) is 3. The van der Waals surface area contributed by atoms with Crippen LogP contribution in [0.5, 0.6) is 0 Å². The Labute approximate surface area is 152 Å². The minimum Gasteiger partial charge on any atom is -0.356 e. The van der Waals surface area contributed by atoms with Gasteiger partial charge in [-0.25, -0.2) is 0 Å². The molecule has 2 N–H and O–H groups in total. The molecule has 2 bridgehead atoms. The van der Waals surface area contributed by atoms with Gasteiger partial charge in [0.25, 0.3) is 0 Å². The minimum atomic E-state index is 0.240. The quantitative estimate of drug-likeness (QED) is 0.763. The Balaban J connectivity index is 1.32. The standard InChI is InChI=1S/C21H33N3O/c1-16(24(2)15-17-6-4-3-5-7-17)10-11-22-21(25)14-18-12-19-8-9-20(13-18)23-19/h3-7,16,18-20,23H,8-15H2,1-2H3,(H,22,25). The monoisotopic (exact) mass is 343 g/mol. The number of nitrogens with one attached hydrogen (secondary N) is 2. The molecule has 3 rings (SSSR count). The van der Waals surface area contributed by atoms with Gasteiger partial charge in [0.05, 0.1) is 0 Å². The van der Waals surface area contributed by atoms with E-state index in [0.717, 1.165) is 19.5 Å². The first-order valence-corrected chi connectivity index (χ1v) is 9.87. The second-order valence-corrected chi connectivity index (χ2v) is 8.07. The van der Waals surface area contributed by atoms with E-state index >= 15 is 0 Å². The number of benzene rings is 1. The van der Waals surface area contributed by atoms with Gasteiger partial charge in [0.2, 0.25) is 5.91 Å². The van der Waals surface area contributed by atoms with E-state index in [4.69, 9.17) is 0 Å². The van der Waals surface area contributed by atoms with Crippen molar-refractivity contribution < 1.29 is 4.79 Å². The molecule has 1 aromatic carbocycles. The van der Waals surface area contributed by atoms with Crippen LogP contribution >= 0.6 is 0 Å². The average molecular weight is 344 g/mol. The van der Waals surface area contributed by atoms with Crippen LogP contribution in [-0.4, -0.2) is 42.5 Å². The van der Waals surface area contributed by atoms with Crippen LogP contribution in [0.2, 0.25) is 0 Å². The summed E-state index contributed by atoms with van der Waals surface area (Å²) in [6, 6.07) is 12.3. The predicted octanol–water partition coefficient (Wildman–Crippen LogP) is 2.93. The maximum absolute atomic E-state index is 12.2. The molecule has 2 heterocycles. The number of carbonyl (C=O) groups is 1. The smallest absolute Gasteiger partial charge is 0.220 e. The normalized spacial score (nSPS) is 26.6. The highest BCUT2D eigenvalue weighted by molar-refractivity contribution is 5.76. The highest BCUT2D eigenvalue weighted by Crippen LogP contribution is 2.32. The molecular formula is C21H33N3O. The van der Waals surface area contributed by atoms with Crippen LogP contribution in [0, 0.1) is 5.92 Å². The first-order valence-electron chi connectivity index (χ1n) is 9.87. The van der Waals surface area contributed by atoms with Gasteiger partial charge in [0.15, 0.2) is 0 Å². The predicted molar refractivity (Wildman–Crippen MR) is 102 cm³/mol. The summed E-state index contributed by atoms with van der Waals surface area (Å²) in [4.78, 5) is 14.6. The van der Waals surface area contributed by atoms with E-state index in [9.17, 15) is 4.79 Å². The molecule has 3 atom stereocenters. The van der Waals surface area contributed by atoms with Gasteiger partial charge < -0.3 is 10.6 Å². The highest BCUT2D eigenvalue weighted by Gasteiger charge is 2.34. The van der Waals surface area contributed by atoms with Gasteiger partial charge in [0, 0.05) is 37.6 Å². The Bertz CT molecular complexity index is 535. The van der Waals surface area contributed by atoms with E-state index in [1.54, 1.807) is 0 Å². The molecule has 0 aliphatic carbocycles. The molecule has 3 unspecified atom stereocenters. The van der Waals surface area contributed by atoms with Gasteiger partial charge in [-0.1, -0.05) is 30.3 Å². The summed E-state index contributed by atoms with van der Waals surface area (Å²) < 4.78 is 0. The molecule has 2 fully saturated rings. The summed E-state index contributed by atoms with van der Waals surface area (Å²) in [5.41, 5.74) is 1.33. The van der Waals surface area contributed by atoms with Crippen LogP contribution in [0.25, 0.3) is 0 Å². The van der Waals surface area contributed by atoms with Crippen molar-refractivity contribution in [2.45, 2.75) is 70.1 Å². The van der Waals surface area contributed by atoms with Crippen LogP contribution < -0.4 is 10.6 Å². The Kier molecular flexibility index (Phi) is 6.49. The molecule has 0 spiro atoms.